The summed E-state index contributed by atoms with van der Waals surface area (Å²) in [6, 6.07) is 3.61. The van der Waals surface area contributed by atoms with Crippen molar-refractivity contribution in [2.45, 2.75) is 25.5 Å². The molecule has 0 aromatic carbocycles. The number of rotatable bonds is 3. The Balaban J connectivity index is 2.07. The number of hydrogen-bond donors (Lipinski definition) is 0. The van der Waals surface area contributed by atoms with E-state index in [9.17, 15) is 4.79 Å². The number of nitrogens with zero attached hydrogens (tertiary/aromatic N) is 1. The fraction of sp³-hybridized carbons (Fsp3) is 0.545. The number of methoxy groups -OCH3 is 1. The normalized spacial score (nSPS) is 20.5. The highest BCUT2D eigenvalue weighted by Gasteiger charge is 2.18. The van der Waals surface area contributed by atoms with Gasteiger partial charge in [0.2, 0.25) is 0 Å². The molecule has 0 bridgehead atoms. The highest BCUT2D eigenvalue weighted by molar-refractivity contribution is 5.87. The van der Waals surface area contributed by atoms with Gasteiger partial charge >= 0.3 is 5.97 Å². The Labute approximate surface area is 88.8 Å². The molecule has 1 atom stereocenters. The zero-order valence-corrected chi connectivity index (χ0v) is 8.81. The molecule has 15 heavy (non-hydrogen) atoms. The van der Waals surface area contributed by atoms with E-state index >= 15 is 0 Å². The van der Waals surface area contributed by atoms with E-state index in [4.69, 9.17) is 9.47 Å². The van der Waals surface area contributed by atoms with Crippen LogP contribution < -0.4 is 0 Å². The van der Waals surface area contributed by atoms with Gasteiger partial charge in [-0.3, -0.25) is 0 Å². The zero-order valence-electron chi connectivity index (χ0n) is 8.81. The molecule has 4 nitrogen and oxygen atoms in total. The molecule has 0 aliphatic carbocycles. The Morgan fingerprint density at radius 3 is 3.27 bits per heavy atom. The Bertz CT molecular complexity index is 339. The van der Waals surface area contributed by atoms with Crippen LogP contribution in [0.25, 0.3) is 0 Å². The maximum atomic E-state index is 11.4. The largest absolute Gasteiger partial charge is 0.464 e. The van der Waals surface area contributed by atoms with Crippen LogP contribution in [0.15, 0.2) is 18.3 Å². The van der Waals surface area contributed by atoms with Crippen molar-refractivity contribution in [1.82, 2.24) is 4.57 Å². The molecule has 1 saturated heterocycles. The van der Waals surface area contributed by atoms with Crippen molar-refractivity contribution in [3.05, 3.63) is 24.0 Å². The summed E-state index contributed by atoms with van der Waals surface area (Å²) in [5.41, 5.74) is 0.591. The summed E-state index contributed by atoms with van der Waals surface area (Å²) in [5, 5.41) is 0. The fourth-order valence-electron chi connectivity index (χ4n) is 1.87. The van der Waals surface area contributed by atoms with Gasteiger partial charge in [-0.2, -0.15) is 0 Å². The first-order valence-electron chi connectivity index (χ1n) is 5.16. The van der Waals surface area contributed by atoms with Gasteiger partial charge in [0.05, 0.1) is 13.2 Å². The molecule has 1 aliphatic rings. The number of hydrogen-bond acceptors (Lipinski definition) is 3. The Kier molecular flexibility index (Phi) is 3.06. The third kappa shape index (κ3) is 2.21. The molecule has 0 unspecified atom stereocenters. The summed E-state index contributed by atoms with van der Waals surface area (Å²) in [7, 11) is 1.39. The SMILES string of the molecule is COC(=O)c1cccn1C[C@H]1CCCO1. The molecular formula is C11H15NO3. The van der Waals surface area contributed by atoms with Crippen molar-refractivity contribution in [1.29, 1.82) is 0 Å². The summed E-state index contributed by atoms with van der Waals surface area (Å²) >= 11 is 0. The molecule has 4 heteroatoms. The first kappa shape index (κ1) is 10.2. The first-order chi connectivity index (χ1) is 7.31. The molecule has 1 aliphatic heterocycles. The van der Waals surface area contributed by atoms with Crippen molar-refractivity contribution in [2.24, 2.45) is 0 Å². The lowest BCUT2D eigenvalue weighted by Gasteiger charge is -2.12. The van der Waals surface area contributed by atoms with Gasteiger partial charge in [0, 0.05) is 19.3 Å². The molecule has 1 aromatic heterocycles. The summed E-state index contributed by atoms with van der Waals surface area (Å²) in [4.78, 5) is 11.4. The third-order valence-corrected chi connectivity index (χ3v) is 2.65. The lowest BCUT2D eigenvalue weighted by Crippen LogP contribution is -2.18. The van der Waals surface area contributed by atoms with E-state index in [2.05, 4.69) is 0 Å². The minimum atomic E-state index is -0.294. The molecule has 82 valence electrons. The van der Waals surface area contributed by atoms with Crippen molar-refractivity contribution >= 4 is 5.97 Å². The van der Waals surface area contributed by atoms with Gasteiger partial charge in [-0.25, -0.2) is 4.79 Å². The van der Waals surface area contributed by atoms with E-state index in [-0.39, 0.29) is 12.1 Å². The average molecular weight is 209 g/mol. The number of ether oxygens (including phenoxy) is 2. The van der Waals surface area contributed by atoms with Crippen LogP contribution >= 0.6 is 0 Å². The topological polar surface area (TPSA) is 40.5 Å². The van der Waals surface area contributed by atoms with Crippen LogP contribution in [-0.2, 0) is 16.0 Å². The van der Waals surface area contributed by atoms with Crippen LogP contribution in [0.1, 0.15) is 23.3 Å². The second-order valence-electron chi connectivity index (χ2n) is 3.67. The second kappa shape index (κ2) is 4.49. The molecule has 0 spiro atoms. The van der Waals surface area contributed by atoms with E-state index in [0.717, 1.165) is 26.0 Å². The molecule has 0 saturated carbocycles. The van der Waals surface area contributed by atoms with E-state index in [1.54, 1.807) is 6.07 Å². The van der Waals surface area contributed by atoms with Crippen molar-refractivity contribution in [2.75, 3.05) is 13.7 Å². The predicted octanol–water partition coefficient (Wildman–Crippen LogP) is 1.45. The van der Waals surface area contributed by atoms with Gasteiger partial charge in [0.1, 0.15) is 5.69 Å². The summed E-state index contributed by atoms with van der Waals surface area (Å²) < 4.78 is 12.1. The molecule has 2 heterocycles. The molecule has 0 N–H and O–H groups in total. The van der Waals surface area contributed by atoms with E-state index in [0.29, 0.717) is 5.69 Å². The van der Waals surface area contributed by atoms with E-state index in [1.165, 1.54) is 7.11 Å². The highest BCUT2D eigenvalue weighted by atomic mass is 16.5. The Morgan fingerprint density at radius 1 is 1.73 bits per heavy atom. The van der Waals surface area contributed by atoms with Crippen LogP contribution in [0.3, 0.4) is 0 Å². The summed E-state index contributed by atoms with van der Waals surface area (Å²) in [6.07, 6.45) is 4.30. The van der Waals surface area contributed by atoms with Gasteiger partial charge in [0.15, 0.2) is 0 Å². The molecule has 2 rings (SSSR count). The van der Waals surface area contributed by atoms with Crippen molar-refractivity contribution < 1.29 is 14.3 Å². The van der Waals surface area contributed by atoms with Crippen molar-refractivity contribution in [3.63, 3.8) is 0 Å². The van der Waals surface area contributed by atoms with Gasteiger partial charge in [0.25, 0.3) is 0 Å². The monoisotopic (exact) mass is 209 g/mol. The smallest absolute Gasteiger partial charge is 0.354 e. The van der Waals surface area contributed by atoms with Crippen LogP contribution in [0.4, 0.5) is 0 Å². The summed E-state index contributed by atoms with van der Waals surface area (Å²) in [6.45, 7) is 1.57. The maximum absolute atomic E-state index is 11.4. The number of esters is 1. The minimum Gasteiger partial charge on any atom is -0.464 e. The van der Waals surface area contributed by atoms with Crippen LogP contribution in [0.2, 0.25) is 0 Å². The standard InChI is InChI=1S/C11H15NO3/c1-14-11(13)10-5-2-6-12(10)8-9-4-3-7-15-9/h2,5-6,9H,3-4,7-8H2,1H3/t9-/m1/s1. The van der Waals surface area contributed by atoms with Gasteiger partial charge in [-0.1, -0.05) is 0 Å². The maximum Gasteiger partial charge on any atom is 0.354 e. The Morgan fingerprint density at radius 2 is 2.60 bits per heavy atom. The van der Waals surface area contributed by atoms with Gasteiger partial charge in [-0.15, -0.1) is 0 Å². The van der Waals surface area contributed by atoms with Gasteiger partial charge < -0.3 is 14.0 Å². The lowest BCUT2D eigenvalue weighted by molar-refractivity contribution is 0.0577. The van der Waals surface area contributed by atoms with Crippen LogP contribution in [0, 0.1) is 0 Å². The Hall–Kier alpha value is -1.29. The van der Waals surface area contributed by atoms with Crippen LogP contribution in [0.5, 0.6) is 0 Å². The van der Waals surface area contributed by atoms with E-state index < -0.39 is 0 Å². The number of carbonyl (C=O) groups is 1. The first-order valence-corrected chi connectivity index (χ1v) is 5.16. The molecule has 0 amide bonds. The predicted molar refractivity (Wildman–Crippen MR) is 54.7 cm³/mol. The minimum absolute atomic E-state index is 0.237. The molecular weight excluding hydrogens is 194 g/mol. The zero-order chi connectivity index (χ0) is 10.7. The number of carbonyl (C=O) groups excluding carboxylic acids is 1. The summed E-state index contributed by atoms with van der Waals surface area (Å²) in [5.74, 6) is -0.294. The quantitative estimate of drug-likeness (QED) is 0.707. The molecule has 0 radical (unpaired) electrons. The molecule has 1 fully saturated rings. The highest BCUT2D eigenvalue weighted by Crippen LogP contribution is 2.15. The average Bonchev–Trinajstić information content (AvgIpc) is 2.88. The number of aromatic nitrogens is 1. The molecule has 1 aromatic rings. The fourth-order valence-corrected chi connectivity index (χ4v) is 1.87. The van der Waals surface area contributed by atoms with Crippen molar-refractivity contribution in [3.8, 4) is 0 Å². The third-order valence-electron chi connectivity index (χ3n) is 2.65. The van der Waals surface area contributed by atoms with E-state index in [1.807, 2.05) is 16.8 Å². The second-order valence-corrected chi connectivity index (χ2v) is 3.67. The lowest BCUT2D eigenvalue weighted by atomic mass is 10.2. The van der Waals surface area contributed by atoms with Crippen LogP contribution in [-0.4, -0.2) is 30.4 Å². The van der Waals surface area contributed by atoms with Gasteiger partial charge in [-0.05, 0) is 25.0 Å².